The summed E-state index contributed by atoms with van der Waals surface area (Å²) in [4.78, 5) is 15.8. The number of rotatable bonds is 5. The zero-order chi connectivity index (χ0) is 15.4. The van der Waals surface area contributed by atoms with E-state index in [2.05, 4.69) is 15.6 Å². The third-order valence-electron chi connectivity index (χ3n) is 3.21. The van der Waals surface area contributed by atoms with Gasteiger partial charge in [-0.25, -0.2) is 14.2 Å². The van der Waals surface area contributed by atoms with Crippen LogP contribution in [-0.4, -0.2) is 17.1 Å². The number of hydrogen-bond donors (Lipinski definition) is 2. The molecule has 1 fully saturated rings. The molecule has 0 radical (unpaired) electrons. The van der Waals surface area contributed by atoms with Crippen molar-refractivity contribution in [1.82, 2.24) is 15.6 Å². The van der Waals surface area contributed by atoms with Gasteiger partial charge in [-0.1, -0.05) is 12.1 Å². The predicted molar refractivity (Wildman–Crippen MR) is 79.1 cm³/mol. The molecule has 1 saturated carbocycles. The maximum absolute atomic E-state index is 13.2. The summed E-state index contributed by atoms with van der Waals surface area (Å²) in [7, 11) is 0. The van der Waals surface area contributed by atoms with Crippen LogP contribution >= 0.6 is 0 Å². The Morgan fingerprint density at radius 2 is 2.18 bits per heavy atom. The number of amides is 2. The largest absolute Gasteiger partial charge is 0.439 e. The minimum atomic E-state index is -0.378. The van der Waals surface area contributed by atoms with Crippen molar-refractivity contribution in [2.75, 3.05) is 0 Å². The van der Waals surface area contributed by atoms with Crippen LogP contribution in [0.5, 0.6) is 11.6 Å². The van der Waals surface area contributed by atoms with E-state index in [4.69, 9.17) is 4.74 Å². The number of carbonyl (C=O) groups excluding carboxylic acids is 1. The van der Waals surface area contributed by atoms with Crippen LogP contribution in [-0.2, 0) is 6.54 Å². The molecule has 5 nitrogen and oxygen atoms in total. The van der Waals surface area contributed by atoms with E-state index in [0.29, 0.717) is 17.7 Å². The summed E-state index contributed by atoms with van der Waals surface area (Å²) in [5.41, 5.74) is 0.720. The van der Waals surface area contributed by atoms with E-state index in [-0.39, 0.29) is 18.4 Å². The lowest BCUT2D eigenvalue weighted by atomic mass is 10.2. The van der Waals surface area contributed by atoms with E-state index in [0.717, 1.165) is 18.4 Å². The van der Waals surface area contributed by atoms with Crippen molar-refractivity contribution in [1.29, 1.82) is 0 Å². The van der Waals surface area contributed by atoms with Crippen LogP contribution < -0.4 is 15.4 Å². The lowest BCUT2D eigenvalue weighted by molar-refractivity contribution is 0.240. The molecule has 1 aromatic heterocycles. The smallest absolute Gasteiger partial charge is 0.315 e. The van der Waals surface area contributed by atoms with Gasteiger partial charge in [0.2, 0.25) is 5.88 Å². The van der Waals surface area contributed by atoms with Crippen molar-refractivity contribution in [3.8, 4) is 11.6 Å². The molecule has 0 spiro atoms. The molecule has 0 atom stereocenters. The zero-order valence-electron chi connectivity index (χ0n) is 11.9. The van der Waals surface area contributed by atoms with Gasteiger partial charge in [-0.2, -0.15) is 0 Å². The van der Waals surface area contributed by atoms with Crippen molar-refractivity contribution in [2.24, 2.45) is 0 Å². The number of carbonyl (C=O) groups is 1. The molecule has 6 heteroatoms. The van der Waals surface area contributed by atoms with Crippen LogP contribution in [0.3, 0.4) is 0 Å². The second-order valence-corrected chi connectivity index (χ2v) is 5.13. The Morgan fingerprint density at radius 1 is 1.32 bits per heavy atom. The van der Waals surface area contributed by atoms with E-state index in [1.165, 1.54) is 12.1 Å². The highest BCUT2D eigenvalue weighted by Gasteiger charge is 2.23. The lowest BCUT2D eigenvalue weighted by Crippen LogP contribution is -2.36. The molecule has 2 aromatic rings. The maximum Gasteiger partial charge on any atom is 0.315 e. The maximum atomic E-state index is 13.2. The normalized spacial score (nSPS) is 13.5. The van der Waals surface area contributed by atoms with Crippen LogP contribution in [0, 0.1) is 5.82 Å². The molecule has 1 aliphatic carbocycles. The number of halogens is 1. The Labute approximate surface area is 127 Å². The van der Waals surface area contributed by atoms with E-state index < -0.39 is 0 Å². The quantitative estimate of drug-likeness (QED) is 0.892. The third kappa shape index (κ3) is 3.94. The van der Waals surface area contributed by atoms with E-state index >= 15 is 0 Å². The molecule has 3 rings (SSSR count). The summed E-state index contributed by atoms with van der Waals surface area (Å²) in [6.07, 6.45) is 3.66. The van der Waals surface area contributed by atoms with Crippen molar-refractivity contribution >= 4 is 6.03 Å². The standard InChI is InChI=1S/C16H16FN3O2/c17-12-4-1-5-14(9-12)22-15-11(3-2-8-18-15)10-19-16(21)20-13-6-7-13/h1-5,8-9,13H,6-7,10H2,(H2,19,20,21). The van der Waals surface area contributed by atoms with E-state index in [1.807, 2.05) is 0 Å². The molecule has 0 bridgehead atoms. The fourth-order valence-corrected chi connectivity index (χ4v) is 1.93. The molecule has 22 heavy (non-hydrogen) atoms. The SMILES string of the molecule is O=C(NCc1cccnc1Oc1cccc(F)c1)NC1CC1. The van der Waals surface area contributed by atoms with Gasteiger partial charge in [-0.05, 0) is 31.0 Å². The van der Waals surface area contributed by atoms with Crippen LogP contribution in [0.25, 0.3) is 0 Å². The number of nitrogens with one attached hydrogen (secondary N) is 2. The van der Waals surface area contributed by atoms with Crippen molar-refractivity contribution in [2.45, 2.75) is 25.4 Å². The molecule has 114 valence electrons. The highest BCUT2D eigenvalue weighted by atomic mass is 19.1. The molecule has 2 amide bonds. The number of urea groups is 1. The van der Waals surface area contributed by atoms with Crippen LogP contribution in [0.1, 0.15) is 18.4 Å². The first-order chi connectivity index (χ1) is 10.7. The van der Waals surface area contributed by atoms with E-state index in [9.17, 15) is 9.18 Å². The fraction of sp³-hybridized carbons (Fsp3) is 0.250. The fourth-order valence-electron chi connectivity index (χ4n) is 1.93. The Hall–Kier alpha value is -2.63. The zero-order valence-corrected chi connectivity index (χ0v) is 11.9. The van der Waals surface area contributed by atoms with Gasteiger partial charge in [0.15, 0.2) is 0 Å². The second kappa shape index (κ2) is 6.43. The van der Waals surface area contributed by atoms with Gasteiger partial charge in [0.1, 0.15) is 11.6 Å². The van der Waals surface area contributed by atoms with Crippen molar-refractivity contribution in [3.63, 3.8) is 0 Å². The Bertz CT molecular complexity index is 674. The molecule has 1 aromatic carbocycles. The Kier molecular flexibility index (Phi) is 4.18. The number of aromatic nitrogens is 1. The van der Waals surface area contributed by atoms with Crippen LogP contribution in [0.4, 0.5) is 9.18 Å². The van der Waals surface area contributed by atoms with Gasteiger partial charge in [0.25, 0.3) is 0 Å². The van der Waals surface area contributed by atoms with Gasteiger partial charge in [-0.15, -0.1) is 0 Å². The van der Waals surface area contributed by atoms with Crippen LogP contribution in [0.15, 0.2) is 42.6 Å². The molecule has 0 saturated heterocycles. The lowest BCUT2D eigenvalue weighted by Gasteiger charge is -2.11. The minimum absolute atomic E-state index is 0.206. The number of pyridine rings is 1. The second-order valence-electron chi connectivity index (χ2n) is 5.13. The summed E-state index contributed by atoms with van der Waals surface area (Å²) in [6.45, 7) is 0.289. The van der Waals surface area contributed by atoms with Gasteiger partial charge >= 0.3 is 6.03 Å². The van der Waals surface area contributed by atoms with Gasteiger partial charge < -0.3 is 15.4 Å². The highest BCUT2D eigenvalue weighted by Crippen LogP contribution is 2.23. The number of ether oxygens (including phenoxy) is 1. The molecule has 0 unspecified atom stereocenters. The predicted octanol–water partition coefficient (Wildman–Crippen LogP) is 2.97. The summed E-state index contributed by atoms with van der Waals surface area (Å²) in [5.74, 6) is 0.333. The Morgan fingerprint density at radius 3 is 2.95 bits per heavy atom. The average Bonchev–Trinajstić information content (AvgIpc) is 3.30. The number of nitrogens with zero attached hydrogens (tertiary/aromatic N) is 1. The summed E-state index contributed by atoms with van der Waals surface area (Å²) >= 11 is 0. The van der Waals surface area contributed by atoms with E-state index in [1.54, 1.807) is 30.5 Å². The molecule has 1 heterocycles. The molecule has 1 aliphatic rings. The molecule has 2 N–H and O–H groups in total. The van der Waals surface area contributed by atoms with Gasteiger partial charge in [-0.3, -0.25) is 0 Å². The van der Waals surface area contributed by atoms with Gasteiger partial charge in [0.05, 0.1) is 0 Å². The summed E-state index contributed by atoms with van der Waals surface area (Å²) in [5, 5.41) is 5.60. The molecular formula is C16H16FN3O2. The first-order valence-electron chi connectivity index (χ1n) is 7.12. The monoisotopic (exact) mass is 301 g/mol. The first-order valence-corrected chi connectivity index (χ1v) is 7.12. The van der Waals surface area contributed by atoms with Crippen LogP contribution in [0.2, 0.25) is 0 Å². The third-order valence-corrected chi connectivity index (χ3v) is 3.21. The first kappa shape index (κ1) is 14.3. The number of benzene rings is 1. The van der Waals surface area contributed by atoms with Gasteiger partial charge in [0, 0.05) is 30.4 Å². The van der Waals surface area contributed by atoms with Crippen molar-refractivity contribution in [3.05, 3.63) is 54.0 Å². The Balaban J connectivity index is 1.65. The van der Waals surface area contributed by atoms with Crippen molar-refractivity contribution < 1.29 is 13.9 Å². The minimum Gasteiger partial charge on any atom is -0.439 e. The highest BCUT2D eigenvalue weighted by molar-refractivity contribution is 5.74. The summed E-state index contributed by atoms with van der Waals surface area (Å²) < 4.78 is 18.8. The molecular weight excluding hydrogens is 285 g/mol. The number of hydrogen-bond acceptors (Lipinski definition) is 3. The molecule has 0 aliphatic heterocycles. The summed E-state index contributed by atoms with van der Waals surface area (Å²) in [6, 6.07) is 9.50. The topological polar surface area (TPSA) is 63.2 Å². The average molecular weight is 301 g/mol.